The summed E-state index contributed by atoms with van der Waals surface area (Å²) in [6.07, 6.45) is 2.15. The van der Waals surface area contributed by atoms with Crippen molar-refractivity contribution in [1.82, 2.24) is 10.2 Å². The van der Waals surface area contributed by atoms with Gasteiger partial charge in [-0.2, -0.15) is 0 Å². The number of amides is 1. The molecule has 1 atom stereocenters. The van der Waals surface area contributed by atoms with Crippen molar-refractivity contribution >= 4 is 5.91 Å². The number of carbonyl (C=O) groups excluding carboxylic acids is 1. The van der Waals surface area contributed by atoms with Crippen LogP contribution in [-0.2, 0) is 0 Å². The van der Waals surface area contributed by atoms with E-state index < -0.39 is 0 Å². The lowest BCUT2D eigenvalue weighted by Crippen LogP contribution is -2.46. The Balaban J connectivity index is 2.16. The number of nitrogens with zero attached hydrogens (tertiary/aromatic N) is 1. The van der Waals surface area contributed by atoms with E-state index in [9.17, 15) is 4.79 Å². The van der Waals surface area contributed by atoms with E-state index in [1.165, 1.54) is 0 Å². The summed E-state index contributed by atoms with van der Waals surface area (Å²) in [4.78, 5) is 14.6. The molecular weight excluding hydrogens is 280 g/mol. The van der Waals surface area contributed by atoms with Crippen LogP contribution in [0.5, 0.6) is 11.5 Å². The molecule has 1 aliphatic heterocycles. The van der Waals surface area contributed by atoms with Crippen molar-refractivity contribution in [3.05, 3.63) is 23.8 Å². The second-order valence-electron chi connectivity index (χ2n) is 5.41. The number of hydrogen-bond donors (Lipinski definition) is 1. The molecule has 0 aliphatic carbocycles. The number of ether oxygens (including phenoxy) is 2. The minimum atomic E-state index is 0.0592. The van der Waals surface area contributed by atoms with Crippen LogP contribution in [0.25, 0.3) is 0 Å². The van der Waals surface area contributed by atoms with Gasteiger partial charge in [0.2, 0.25) is 0 Å². The molecule has 1 unspecified atom stereocenters. The molecule has 1 N–H and O–H groups in total. The van der Waals surface area contributed by atoms with Gasteiger partial charge in [0, 0.05) is 24.7 Å². The summed E-state index contributed by atoms with van der Waals surface area (Å²) in [6, 6.07) is 5.81. The number of nitrogens with one attached hydrogen (secondary N) is 1. The molecule has 1 aromatic rings. The molecule has 0 radical (unpaired) electrons. The van der Waals surface area contributed by atoms with Crippen molar-refractivity contribution in [2.75, 3.05) is 33.4 Å². The largest absolute Gasteiger partial charge is 0.490 e. The van der Waals surface area contributed by atoms with Gasteiger partial charge < -0.3 is 19.7 Å². The first-order valence-electron chi connectivity index (χ1n) is 8.05. The highest BCUT2D eigenvalue weighted by Gasteiger charge is 2.24. The summed E-state index contributed by atoms with van der Waals surface area (Å²) >= 11 is 0. The molecule has 22 heavy (non-hydrogen) atoms. The monoisotopic (exact) mass is 306 g/mol. The molecule has 1 saturated heterocycles. The average molecular weight is 306 g/mol. The van der Waals surface area contributed by atoms with Crippen LogP contribution in [-0.4, -0.2) is 50.2 Å². The molecule has 5 nitrogen and oxygen atoms in total. The fourth-order valence-corrected chi connectivity index (χ4v) is 2.76. The zero-order valence-corrected chi connectivity index (χ0v) is 13.7. The van der Waals surface area contributed by atoms with E-state index in [0.29, 0.717) is 36.3 Å². The number of piperidine rings is 1. The normalized spacial score (nSPS) is 18.1. The highest BCUT2D eigenvalue weighted by molar-refractivity contribution is 5.95. The molecule has 0 bridgehead atoms. The van der Waals surface area contributed by atoms with Gasteiger partial charge in [0.25, 0.3) is 5.91 Å². The third-order valence-electron chi connectivity index (χ3n) is 3.91. The van der Waals surface area contributed by atoms with E-state index in [1.54, 1.807) is 6.07 Å². The van der Waals surface area contributed by atoms with Gasteiger partial charge in [-0.05, 0) is 51.9 Å². The molecule has 1 heterocycles. The predicted molar refractivity (Wildman–Crippen MR) is 86.8 cm³/mol. The molecule has 1 aliphatic rings. The zero-order valence-electron chi connectivity index (χ0n) is 13.7. The van der Waals surface area contributed by atoms with Crippen molar-refractivity contribution in [3.8, 4) is 11.5 Å². The Hall–Kier alpha value is -1.75. The van der Waals surface area contributed by atoms with Gasteiger partial charge in [-0.15, -0.1) is 0 Å². The third-order valence-corrected chi connectivity index (χ3v) is 3.91. The Morgan fingerprint density at radius 2 is 2.00 bits per heavy atom. The average Bonchev–Trinajstić information content (AvgIpc) is 2.56. The first-order valence-corrected chi connectivity index (χ1v) is 8.05. The second kappa shape index (κ2) is 8.03. The number of likely N-dealkylation sites (N-methyl/N-ethyl adjacent to an activating group) is 1. The Kier molecular flexibility index (Phi) is 6.07. The Labute approximate surface area is 132 Å². The third kappa shape index (κ3) is 3.91. The molecule has 1 fully saturated rings. The first-order chi connectivity index (χ1) is 10.7. The van der Waals surface area contributed by atoms with Gasteiger partial charge in [0.15, 0.2) is 11.5 Å². The van der Waals surface area contributed by atoms with Crippen LogP contribution in [0.1, 0.15) is 37.0 Å². The van der Waals surface area contributed by atoms with Crippen molar-refractivity contribution < 1.29 is 14.3 Å². The maximum absolute atomic E-state index is 12.7. The van der Waals surface area contributed by atoms with E-state index in [-0.39, 0.29) is 5.91 Å². The number of carbonyl (C=O) groups is 1. The summed E-state index contributed by atoms with van der Waals surface area (Å²) in [6.45, 7) is 6.54. The minimum absolute atomic E-state index is 0.0592. The first kappa shape index (κ1) is 16.6. The molecule has 122 valence electrons. The Bertz CT molecular complexity index is 505. The fourth-order valence-electron chi connectivity index (χ4n) is 2.76. The van der Waals surface area contributed by atoms with Crippen LogP contribution in [0.2, 0.25) is 0 Å². The summed E-state index contributed by atoms with van der Waals surface area (Å²) < 4.78 is 11.1. The number of benzene rings is 1. The van der Waals surface area contributed by atoms with Gasteiger partial charge >= 0.3 is 0 Å². The van der Waals surface area contributed by atoms with Gasteiger partial charge in [-0.25, -0.2) is 0 Å². The maximum Gasteiger partial charge on any atom is 0.254 e. The van der Waals surface area contributed by atoms with Crippen LogP contribution in [0.3, 0.4) is 0 Å². The molecule has 0 aromatic heterocycles. The molecule has 1 amide bonds. The van der Waals surface area contributed by atoms with Crippen molar-refractivity contribution in [2.45, 2.75) is 32.7 Å². The van der Waals surface area contributed by atoms with E-state index in [4.69, 9.17) is 9.47 Å². The quantitative estimate of drug-likeness (QED) is 0.876. The van der Waals surface area contributed by atoms with Crippen LogP contribution in [0.4, 0.5) is 0 Å². The number of hydrogen-bond acceptors (Lipinski definition) is 4. The van der Waals surface area contributed by atoms with Crippen LogP contribution >= 0.6 is 0 Å². The fraction of sp³-hybridized carbons (Fsp3) is 0.588. The maximum atomic E-state index is 12.7. The molecule has 1 aromatic carbocycles. The summed E-state index contributed by atoms with van der Waals surface area (Å²) in [7, 11) is 1.95. The van der Waals surface area contributed by atoms with Crippen molar-refractivity contribution in [2.24, 2.45) is 0 Å². The smallest absolute Gasteiger partial charge is 0.254 e. The molecule has 0 spiro atoms. The summed E-state index contributed by atoms with van der Waals surface area (Å²) in [5.41, 5.74) is 0.656. The summed E-state index contributed by atoms with van der Waals surface area (Å²) in [5.74, 6) is 1.38. The highest BCUT2D eigenvalue weighted by Crippen LogP contribution is 2.29. The van der Waals surface area contributed by atoms with Crippen molar-refractivity contribution in [1.29, 1.82) is 0 Å². The van der Waals surface area contributed by atoms with E-state index >= 15 is 0 Å². The Morgan fingerprint density at radius 3 is 2.68 bits per heavy atom. The zero-order chi connectivity index (χ0) is 15.9. The Morgan fingerprint density at radius 1 is 1.27 bits per heavy atom. The van der Waals surface area contributed by atoms with Crippen LogP contribution < -0.4 is 14.8 Å². The van der Waals surface area contributed by atoms with E-state index in [0.717, 1.165) is 25.9 Å². The molecule has 0 saturated carbocycles. The number of rotatable bonds is 6. The second-order valence-corrected chi connectivity index (χ2v) is 5.41. The lowest BCUT2D eigenvalue weighted by atomic mass is 10.0. The highest BCUT2D eigenvalue weighted by atomic mass is 16.5. The van der Waals surface area contributed by atoms with Gasteiger partial charge in [-0.1, -0.05) is 0 Å². The minimum Gasteiger partial charge on any atom is -0.490 e. The predicted octanol–water partition coefficient (Wildman–Crippen LogP) is 2.31. The van der Waals surface area contributed by atoms with Gasteiger partial charge in [-0.3, -0.25) is 4.79 Å². The lowest BCUT2D eigenvalue weighted by Gasteiger charge is -2.32. The van der Waals surface area contributed by atoms with Crippen molar-refractivity contribution in [3.63, 3.8) is 0 Å². The van der Waals surface area contributed by atoms with E-state index in [2.05, 4.69) is 5.32 Å². The molecular formula is C17H26N2O3. The van der Waals surface area contributed by atoms with Gasteiger partial charge in [0.05, 0.1) is 13.2 Å². The SMILES string of the molecule is CCOc1ccc(C(=O)N2CCCC(NC)C2)cc1OCC. The van der Waals surface area contributed by atoms with E-state index in [1.807, 2.05) is 37.9 Å². The summed E-state index contributed by atoms with van der Waals surface area (Å²) in [5, 5.41) is 3.26. The molecule has 2 rings (SSSR count). The number of likely N-dealkylation sites (tertiary alicyclic amines) is 1. The lowest BCUT2D eigenvalue weighted by molar-refractivity contribution is 0.0697. The van der Waals surface area contributed by atoms with Crippen LogP contribution in [0.15, 0.2) is 18.2 Å². The standard InChI is InChI=1S/C17H26N2O3/c1-4-21-15-9-8-13(11-16(15)22-5-2)17(20)19-10-6-7-14(12-19)18-3/h8-9,11,14,18H,4-7,10,12H2,1-3H3. The topological polar surface area (TPSA) is 50.8 Å². The van der Waals surface area contributed by atoms with Crippen LogP contribution in [0, 0.1) is 0 Å². The van der Waals surface area contributed by atoms with Gasteiger partial charge in [0.1, 0.15) is 0 Å². The molecule has 5 heteroatoms.